The van der Waals surface area contributed by atoms with E-state index in [1.165, 1.54) is 16.7 Å². The Labute approximate surface area is 112 Å². The van der Waals surface area contributed by atoms with E-state index < -0.39 is 11.0 Å². The first-order chi connectivity index (χ1) is 8.40. The normalized spacial score (nSPS) is 26.1. The van der Waals surface area contributed by atoms with Crippen molar-refractivity contribution in [2.75, 3.05) is 18.6 Å². The van der Waals surface area contributed by atoms with Crippen LogP contribution in [0, 0.1) is 5.41 Å². The maximum atomic E-state index is 12.4. The molecule has 0 aromatic carbocycles. The first-order valence-electron chi connectivity index (χ1n) is 6.46. The third kappa shape index (κ3) is 2.43. The van der Waals surface area contributed by atoms with Gasteiger partial charge in [0.15, 0.2) is 0 Å². The number of rotatable bonds is 4. The first kappa shape index (κ1) is 13.9. The zero-order valence-corrected chi connectivity index (χ0v) is 11.9. The van der Waals surface area contributed by atoms with Gasteiger partial charge < -0.3 is 5.11 Å². The van der Waals surface area contributed by atoms with E-state index >= 15 is 0 Å². The molecule has 0 aromatic rings. The molecule has 2 aliphatic rings. The van der Waals surface area contributed by atoms with Gasteiger partial charge in [-0.25, -0.2) is 0 Å². The molecule has 102 valence electrons. The van der Waals surface area contributed by atoms with Gasteiger partial charge in [-0.15, -0.1) is 0 Å². The molecule has 2 rings (SSSR count). The van der Waals surface area contributed by atoms with Crippen molar-refractivity contribution in [2.24, 2.45) is 5.41 Å². The first-order valence-corrected chi connectivity index (χ1v) is 7.86. The average molecular weight is 271 g/mol. The zero-order chi connectivity index (χ0) is 13.4. The second-order valence-corrected chi connectivity index (χ2v) is 6.75. The molecule has 4 nitrogen and oxygen atoms in total. The van der Waals surface area contributed by atoms with Crippen LogP contribution < -0.4 is 0 Å². The highest BCUT2D eigenvalue weighted by Gasteiger charge is 2.53. The van der Waals surface area contributed by atoms with Crippen LogP contribution in [0.2, 0.25) is 0 Å². The van der Waals surface area contributed by atoms with E-state index in [0.717, 1.165) is 25.7 Å². The highest BCUT2D eigenvalue weighted by atomic mass is 32.2. The summed E-state index contributed by atoms with van der Waals surface area (Å²) in [5.74, 6) is 0.367. The molecule has 1 spiro atoms. The van der Waals surface area contributed by atoms with Crippen LogP contribution in [0.4, 0.5) is 0 Å². The summed E-state index contributed by atoms with van der Waals surface area (Å²) in [6.45, 7) is 1.82. The summed E-state index contributed by atoms with van der Waals surface area (Å²) in [6, 6.07) is 0. The number of β-amino-alcohol motifs (C(OH)–C–C–N with tert-alkyl or cyclic N) is 1. The van der Waals surface area contributed by atoms with Gasteiger partial charge in [0.1, 0.15) is 0 Å². The van der Waals surface area contributed by atoms with Gasteiger partial charge >= 0.3 is 0 Å². The number of imide groups is 1. The minimum absolute atomic E-state index is 0.0496. The van der Waals surface area contributed by atoms with Crippen molar-refractivity contribution in [1.82, 2.24) is 4.90 Å². The summed E-state index contributed by atoms with van der Waals surface area (Å²) in [5.41, 5.74) is -1.42. The van der Waals surface area contributed by atoms with Crippen LogP contribution in [-0.2, 0) is 9.59 Å². The molecule has 1 unspecified atom stereocenters. The van der Waals surface area contributed by atoms with E-state index in [-0.39, 0.29) is 18.4 Å². The number of hydrogen-bond acceptors (Lipinski definition) is 4. The number of likely N-dealkylation sites (tertiary alicyclic amines) is 1. The molecule has 1 atom stereocenters. The number of amides is 2. The van der Waals surface area contributed by atoms with Gasteiger partial charge in [-0.1, -0.05) is 12.8 Å². The summed E-state index contributed by atoms with van der Waals surface area (Å²) in [4.78, 5) is 25.7. The second kappa shape index (κ2) is 4.85. The van der Waals surface area contributed by atoms with Gasteiger partial charge in [0.2, 0.25) is 11.8 Å². The minimum Gasteiger partial charge on any atom is -0.387 e. The van der Waals surface area contributed by atoms with Crippen LogP contribution in [0.3, 0.4) is 0 Å². The fraction of sp³-hybridized carbons (Fsp3) is 0.846. The summed E-state index contributed by atoms with van der Waals surface area (Å²) < 4.78 is 0. The van der Waals surface area contributed by atoms with Gasteiger partial charge in [-0.2, -0.15) is 11.8 Å². The highest BCUT2D eigenvalue weighted by molar-refractivity contribution is 7.98. The maximum absolute atomic E-state index is 12.4. The van der Waals surface area contributed by atoms with Crippen molar-refractivity contribution >= 4 is 23.6 Å². The molecular formula is C13H21NO3S. The monoisotopic (exact) mass is 271 g/mol. The standard InChI is InChI=1S/C13H21NO3S/c1-12(17,9-18-2)8-14-10(15)7-13(11(14)16)5-3-4-6-13/h17H,3-9H2,1-2H3. The maximum Gasteiger partial charge on any atom is 0.236 e. The fourth-order valence-electron chi connectivity index (χ4n) is 3.16. The van der Waals surface area contributed by atoms with Gasteiger partial charge in [0.25, 0.3) is 0 Å². The molecule has 1 aliphatic heterocycles. The molecule has 18 heavy (non-hydrogen) atoms. The van der Waals surface area contributed by atoms with Crippen molar-refractivity contribution < 1.29 is 14.7 Å². The Balaban J connectivity index is 2.10. The predicted octanol–water partition coefficient (Wildman–Crippen LogP) is 1.42. The number of nitrogens with zero attached hydrogens (tertiary/aromatic N) is 1. The molecule has 1 saturated carbocycles. The summed E-state index contributed by atoms with van der Waals surface area (Å²) in [5, 5.41) is 10.2. The molecule has 5 heteroatoms. The Morgan fingerprint density at radius 1 is 1.39 bits per heavy atom. The summed E-state index contributed by atoms with van der Waals surface area (Å²) in [7, 11) is 0. The van der Waals surface area contributed by atoms with Crippen molar-refractivity contribution in [2.45, 2.75) is 44.6 Å². The minimum atomic E-state index is -0.991. The van der Waals surface area contributed by atoms with Crippen LogP contribution in [0.1, 0.15) is 39.0 Å². The molecule has 1 heterocycles. The summed E-state index contributed by atoms with van der Waals surface area (Å²) >= 11 is 1.52. The summed E-state index contributed by atoms with van der Waals surface area (Å²) in [6.07, 6.45) is 5.99. The molecule has 0 aromatic heterocycles. The van der Waals surface area contributed by atoms with Crippen molar-refractivity contribution in [1.29, 1.82) is 0 Å². The Kier molecular flexibility index (Phi) is 3.74. The van der Waals surface area contributed by atoms with Crippen LogP contribution >= 0.6 is 11.8 Å². The largest absolute Gasteiger partial charge is 0.387 e. The second-order valence-electron chi connectivity index (χ2n) is 5.88. The Hall–Kier alpha value is -0.550. The molecule has 2 amide bonds. The third-order valence-corrected chi connectivity index (χ3v) is 4.91. The van der Waals surface area contributed by atoms with Crippen LogP contribution in [0.5, 0.6) is 0 Å². The molecule has 1 saturated heterocycles. The van der Waals surface area contributed by atoms with Crippen LogP contribution in [0.25, 0.3) is 0 Å². The lowest BCUT2D eigenvalue weighted by Gasteiger charge is -2.28. The average Bonchev–Trinajstić information content (AvgIpc) is 2.81. The van der Waals surface area contributed by atoms with Crippen molar-refractivity contribution in [3.8, 4) is 0 Å². The number of carbonyl (C=O) groups excluding carboxylic acids is 2. The quantitative estimate of drug-likeness (QED) is 0.786. The lowest BCUT2D eigenvalue weighted by molar-refractivity contribution is -0.144. The fourth-order valence-corrected chi connectivity index (χ4v) is 3.87. The zero-order valence-electron chi connectivity index (χ0n) is 11.1. The molecule has 0 radical (unpaired) electrons. The van der Waals surface area contributed by atoms with E-state index in [1.807, 2.05) is 6.26 Å². The molecular weight excluding hydrogens is 250 g/mol. The van der Waals surface area contributed by atoms with E-state index in [9.17, 15) is 14.7 Å². The lowest BCUT2D eigenvalue weighted by Crippen LogP contribution is -2.46. The third-order valence-electron chi connectivity index (χ3n) is 4.00. The predicted molar refractivity (Wildman–Crippen MR) is 71.2 cm³/mol. The van der Waals surface area contributed by atoms with Crippen molar-refractivity contribution in [3.05, 3.63) is 0 Å². The Morgan fingerprint density at radius 3 is 2.56 bits per heavy atom. The van der Waals surface area contributed by atoms with Gasteiger partial charge in [0, 0.05) is 12.2 Å². The van der Waals surface area contributed by atoms with Crippen LogP contribution in [0.15, 0.2) is 0 Å². The molecule has 1 aliphatic carbocycles. The van der Waals surface area contributed by atoms with Gasteiger partial charge in [-0.05, 0) is 26.0 Å². The lowest BCUT2D eigenvalue weighted by atomic mass is 9.84. The molecule has 1 N–H and O–H groups in total. The van der Waals surface area contributed by atoms with Gasteiger partial charge in [-0.3, -0.25) is 14.5 Å². The number of thioether (sulfide) groups is 1. The van der Waals surface area contributed by atoms with E-state index in [4.69, 9.17) is 0 Å². The highest BCUT2D eigenvalue weighted by Crippen LogP contribution is 2.47. The number of aliphatic hydroxyl groups is 1. The Bertz CT molecular complexity index is 361. The topological polar surface area (TPSA) is 57.6 Å². The number of carbonyl (C=O) groups is 2. The smallest absolute Gasteiger partial charge is 0.236 e. The van der Waals surface area contributed by atoms with Crippen molar-refractivity contribution in [3.63, 3.8) is 0 Å². The SMILES string of the molecule is CSCC(C)(O)CN1C(=O)CC2(CCCC2)C1=O. The molecule has 2 fully saturated rings. The van der Waals surface area contributed by atoms with E-state index in [2.05, 4.69) is 0 Å². The van der Waals surface area contributed by atoms with E-state index in [0.29, 0.717) is 12.2 Å². The van der Waals surface area contributed by atoms with E-state index in [1.54, 1.807) is 6.92 Å². The molecule has 0 bridgehead atoms. The van der Waals surface area contributed by atoms with Crippen LogP contribution in [-0.4, -0.2) is 46.0 Å². The van der Waals surface area contributed by atoms with Gasteiger partial charge in [0.05, 0.1) is 17.6 Å². The number of hydrogen-bond donors (Lipinski definition) is 1. The Morgan fingerprint density at radius 2 is 2.00 bits per heavy atom.